The molecule has 0 fully saturated rings. The van der Waals surface area contributed by atoms with Gasteiger partial charge in [-0.3, -0.25) is 14.4 Å². The molecule has 1 atom stereocenters. The Labute approximate surface area is 465 Å². The number of hydrogen-bond donors (Lipinski definition) is 0. The predicted octanol–water partition coefficient (Wildman–Crippen LogP) is 21.9. The molecule has 0 N–H and O–H groups in total. The predicted molar refractivity (Wildman–Crippen MR) is 325 cm³/mol. The van der Waals surface area contributed by atoms with Gasteiger partial charge < -0.3 is 14.2 Å². The summed E-state index contributed by atoms with van der Waals surface area (Å²) in [5, 5.41) is 0. The first-order chi connectivity index (χ1) is 37.0. The third kappa shape index (κ3) is 61.3. The molecular formula is C69H120O6. The fourth-order valence-corrected chi connectivity index (χ4v) is 9.10. The molecule has 0 aromatic carbocycles. The summed E-state index contributed by atoms with van der Waals surface area (Å²) in [5.41, 5.74) is 0. The molecule has 0 aromatic heterocycles. The molecule has 0 spiro atoms. The summed E-state index contributed by atoms with van der Waals surface area (Å²) >= 11 is 0. The minimum atomic E-state index is -0.793. The molecule has 0 aliphatic rings. The summed E-state index contributed by atoms with van der Waals surface area (Å²) in [5.74, 6) is -0.912. The molecule has 0 radical (unpaired) electrons. The van der Waals surface area contributed by atoms with Crippen LogP contribution in [0, 0.1) is 0 Å². The lowest BCUT2D eigenvalue weighted by Crippen LogP contribution is -2.30. The fraction of sp³-hybridized carbons (Fsp3) is 0.754. The van der Waals surface area contributed by atoms with Gasteiger partial charge in [-0.05, 0) is 89.9 Å². The first-order valence-electron chi connectivity index (χ1n) is 32.1. The lowest BCUT2D eigenvalue weighted by atomic mass is 10.0. The van der Waals surface area contributed by atoms with E-state index in [1.807, 2.05) is 0 Å². The maximum Gasteiger partial charge on any atom is 0.306 e. The first-order valence-corrected chi connectivity index (χ1v) is 32.1. The van der Waals surface area contributed by atoms with Crippen molar-refractivity contribution < 1.29 is 28.6 Å². The lowest BCUT2D eigenvalue weighted by molar-refractivity contribution is -0.167. The second-order valence-electron chi connectivity index (χ2n) is 21.3. The number of allylic oxidation sites excluding steroid dienone is 14. The number of esters is 3. The minimum Gasteiger partial charge on any atom is -0.462 e. The van der Waals surface area contributed by atoms with Gasteiger partial charge in [-0.1, -0.05) is 292 Å². The third-order valence-electron chi connectivity index (χ3n) is 13.9. The van der Waals surface area contributed by atoms with E-state index in [2.05, 4.69) is 106 Å². The Kier molecular flexibility index (Phi) is 60.3. The summed E-state index contributed by atoms with van der Waals surface area (Å²) in [6.07, 6.45) is 83.2. The van der Waals surface area contributed by atoms with Gasteiger partial charge in [0.2, 0.25) is 0 Å². The SMILES string of the molecule is CC/C=C\C/C=C\C/C=C\C/C=C\C/C=C\C/C=C\CCCCCCC(=O)OC(COC(=O)CCCCCCC/C=C\CCC)COC(=O)CCCCCCCCCCCCCCCCCCCCCCCCCC. The summed E-state index contributed by atoms with van der Waals surface area (Å²) < 4.78 is 16.9. The highest BCUT2D eigenvalue weighted by Gasteiger charge is 2.19. The second kappa shape index (κ2) is 63.1. The molecule has 0 aliphatic heterocycles. The summed E-state index contributed by atoms with van der Waals surface area (Å²) in [4.78, 5) is 38.2. The molecule has 0 aromatic rings. The van der Waals surface area contributed by atoms with E-state index in [4.69, 9.17) is 14.2 Å². The molecular weight excluding hydrogens is 925 g/mol. The normalized spacial score (nSPS) is 12.6. The van der Waals surface area contributed by atoms with E-state index in [0.29, 0.717) is 19.3 Å². The number of ether oxygens (including phenoxy) is 3. The van der Waals surface area contributed by atoms with Crippen LogP contribution >= 0.6 is 0 Å². The number of hydrogen-bond acceptors (Lipinski definition) is 6. The smallest absolute Gasteiger partial charge is 0.306 e. The standard InChI is InChI=1S/C69H120O6/c1-4-7-10-13-16-19-22-24-26-28-30-32-34-36-37-39-41-43-45-47-50-53-56-59-62-68(71)74-65-66(64-73-67(70)61-58-55-52-49-21-18-15-12-9-6-3)75-69(72)63-60-57-54-51-48-46-44-42-40-38-35-33-31-29-27-25-23-20-17-14-11-8-5-2/h8,11-12,15,17,20,25,27,31,33,38,40,44,46,66H,4-7,9-10,13-14,16,18-19,21-24,26,28-30,32,34-37,39,41-43,45,47-65H2,1-3H3/b11-8-,15-12-,20-17-,27-25-,33-31-,40-38-,46-44-. The summed E-state index contributed by atoms with van der Waals surface area (Å²) in [6, 6.07) is 0. The molecule has 1 unspecified atom stereocenters. The van der Waals surface area contributed by atoms with Gasteiger partial charge in [-0.15, -0.1) is 0 Å². The highest BCUT2D eigenvalue weighted by molar-refractivity contribution is 5.71. The Balaban J connectivity index is 4.28. The topological polar surface area (TPSA) is 78.9 Å². The average Bonchev–Trinajstić information content (AvgIpc) is 3.41. The highest BCUT2D eigenvalue weighted by atomic mass is 16.6. The van der Waals surface area contributed by atoms with Crippen molar-refractivity contribution in [1.29, 1.82) is 0 Å². The lowest BCUT2D eigenvalue weighted by Gasteiger charge is -2.18. The van der Waals surface area contributed by atoms with E-state index in [1.54, 1.807) is 0 Å². The molecule has 0 bridgehead atoms. The van der Waals surface area contributed by atoms with Crippen LogP contribution in [0.2, 0.25) is 0 Å². The first kappa shape index (κ1) is 71.6. The van der Waals surface area contributed by atoms with Crippen LogP contribution in [0.15, 0.2) is 85.1 Å². The van der Waals surface area contributed by atoms with Crippen LogP contribution < -0.4 is 0 Å². The van der Waals surface area contributed by atoms with Crippen LogP contribution in [-0.2, 0) is 28.6 Å². The van der Waals surface area contributed by atoms with Gasteiger partial charge in [0.15, 0.2) is 6.10 Å². The maximum absolute atomic E-state index is 12.9. The minimum absolute atomic E-state index is 0.0874. The van der Waals surface area contributed by atoms with Crippen LogP contribution in [-0.4, -0.2) is 37.2 Å². The molecule has 432 valence electrons. The van der Waals surface area contributed by atoms with Crippen LogP contribution in [0.5, 0.6) is 0 Å². The van der Waals surface area contributed by atoms with Crippen molar-refractivity contribution in [1.82, 2.24) is 0 Å². The number of unbranched alkanes of at least 4 members (excludes halogenated alkanes) is 33. The largest absolute Gasteiger partial charge is 0.462 e. The Morgan fingerprint density at radius 1 is 0.280 bits per heavy atom. The molecule has 0 amide bonds. The number of carbonyl (C=O) groups is 3. The molecule has 0 heterocycles. The van der Waals surface area contributed by atoms with Crippen molar-refractivity contribution in [3.8, 4) is 0 Å². The van der Waals surface area contributed by atoms with E-state index < -0.39 is 6.10 Å². The van der Waals surface area contributed by atoms with Gasteiger partial charge in [0.1, 0.15) is 13.2 Å². The number of carbonyl (C=O) groups excluding carboxylic acids is 3. The highest BCUT2D eigenvalue weighted by Crippen LogP contribution is 2.17. The molecule has 0 saturated carbocycles. The molecule has 6 heteroatoms. The van der Waals surface area contributed by atoms with E-state index in [-0.39, 0.29) is 31.1 Å². The third-order valence-corrected chi connectivity index (χ3v) is 13.9. The van der Waals surface area contributed by atoms with Crippen LogP contribution in [0.1, 0.15) is 316 Å². The Morgan fingerprint density at radius 2 is 0.547 bits per heavy atom. The Hall–Kier alpha value is -3.41. The molecule has 75 heavy (non-hydrogen) atoms. The van der Waals surface area contributed by atoms with Crippen LogP contribution in [0.3, 0.4) is 0 Å². The van der Waals surface area contributed by atoms with E-state index in [9.17, 15) is 14.4 Å². The molecule has 0 aliphatic carbocycles. The van der Waals surface area contributed by atoms with Crippen molar-refractivity contribution in [2.45, 2.75) is 322 Å². The van der Waals surface area contributed by atoms with E-state index in [1.165, 1.54) is 148 Å². The van der Waals surface area contributed by atoms with Crippen LogP contribution in [0.25, 0.3) is 0 Å². The van der Waals surface area contributed by atoms with Gasteiger partial charge in [-0.25, -0.2) is 0 Å². The van der Waals surface area contributed by atoms with Crippen molar-refractivity contribution in [3.63, 3.8) is 0 Å². The van der Waals surface area contributed by atoms with Gasteiger partial charge in [-0.2, -0.15) is 0 Å². The van der Waals surface area contributed by atoms with Gasteiger partial charge in [0.25, 0.3) is 0 Å². The zero-order chi connectivity index (χ0) is 54.3. The Morgan fingerprint density at radius 3 is 0.880 bits per heavy atom. The van der Waals surface area contributed by atoms with Crippen molar-refractivity contribution in [2.75, 3.05) is 13.2 Å². The molecule has 0 rings (SSSR count). The monoisotopic (exact) mass is 1040 g/mol. The van der Waals surface area contributed by atoms with Gasteiger partial charge >= 0.3 is 17.9 Å². The second-order valence-corrected chi connectivity index (χ2v) is 21.3. The van der Waals surface area contributed by atoms with Crippen LogP contribution in [0.4, 0.5) is 0 Å². The molecule has 6 nitrogen and oxygen atoms in total. The zero-order valence-electron chi connectivity index (χ0n) is 49.6. The molecule has 0 saturated heterocycles. The van der Waals surface area contributed by atoms with Crippen molar-refractivity contribution in [3.05, 3.63) is 85.1 Å². The summed E-state index contributed by atoms with van der Waals surface area (Å²) in [6.45, 7) is 6.47. The van der Waals surface area contributed by atoms with E-state index >= 15 is 0 Å². The van der Waals surface area contributed by atoms with Crippen molar-refractivity contribution in [2.24, 2.45) is 0 Å². The Bertz CT molecular complexity index is 1430. The van der Waals surface area contributed by atoms with Gasteiger partial charge in [0, 0.05) is 19.3 Å². The fourth-order valence-electron chi connectivity index (χ4n) is 9.10. The zero-order valence-corrected chi connectivity index (χ0v) is 49.6. The summed E-state index contributed by atoms with van der Waals surface area (Å²) in [7, 11) is 0. The quantitative estimate of drug-likeness (QED) is 0.0261. The maximum atomic E-state index is 12.9. The van der Waals surface area contributed by atoms with Gasteiger partial charge in [0.05, 0.1) is 0 Å². The van der Waals surface area contributed by atoms with Crippen molar-refractivity contribution >= 4 is 17.9 Å². The number of rotatable bonds is 58. The van der Waals surface area contributed by atoms with E-state index in [0.717, 1.165) is 128 Å². The average molecular weight is 1050 g/mol.